The normalized spacial score (nSPS) is 11.6. The SMILES string of the molecule is Cc1noc(C)c1-c1cc(F)c2ncn(Cc3ccc(CC(C)C)cc3)c2c1. The molecular formula is C23H24FN3O. The smallest absolute Gasteiger partial charge is 0.151 e. The molecule has 0 aliphatic heterocycles. The number of aryl methyl sites for hydroxylation is 2. The molecule has 0 bridgehead atoms. The van der Waals surface area contributed by atoms with Crippen LogP contribution in [0.1, 0.15) is 36.4 Å². The highest BCUT2D eigenvalue weighted by atomic mass is 19.1. The van der Waals surface area contributed by atoms with Crippen LogP contribution in [0.25, 0.3) is 22.2 Å². The molecule has 0 atom stereocenters. The summed E-state index contributed by atoms with van der Waals surface area (Å²) < 4.78 is 21.9. The van der Waals surface area contributed by atoms with Gasteiger partial charge in [0.2, 0.25) is 0 Å². The standard InChI is InChI=1S/C23H24FN3O/c1-14(2)9-17-5-7-18(8-6-17)12-27-13-25-23-20(24)10-19(11-21(23)27)22-15(3)26-28-16(22)4/h5-8,10-11,13-14H,9,12H2,1-4H3. The van der Waals surface area contributed by atoms with E-state index in [-0.39, 0.29) is 5.82 Å². The number of imidazole rings is 1. The summed E-state index contributed by atoms with van der Waals surface area (Å²) in [5.74, 6) is 0.982. The zero-order valence-electron chi connectivity index (χ0n) is 16.7. The van der Waals surface area contributed by atoms with Gasteiger partial charge in [-0.1, -0.05) is 43.3 Å². The molecule has 0 aliphatic rings. The number of hydrogen-bond donors (Lipinski definition) is 0. The van der Waals surface area contributed by atoms with Crippen molar-refractivity contribution in [1.29, 1.82) is 0 Å². The van der Waals surface area contributed by atoms with E-state index in [1.807, 2.05) is 24.5 Å². The highest BCUT2D eigenvalue weighted by molar-refractivity contribution is 5.83. The first-order valence-electron chi connectivity index (χ1n) is 9.58. The average molecular weight is 377 g/mol. The Labute approximate surface area is 164 Å². The molecule has 0 unspecified atom stereocenters. The molecule has 0 spiro atoms. The monoisotopic (exact) mass is 377 g/mol. The second-order valence-corrected chi connectivity index (χ2v) is 7.81. The first-order valence-corrected chi connectivity index (χ1v) is 9.58. The average Bonchev–Trinajstić information content (AvgIpc) is 3.20. The van der Waals surface area contributed by atoms with Gasteiger partial charge in [-0.05, 0) is 55.0 Å². The lowest BCUT2D eigenvalue weighted by Gasteiger charge is -2.09. The third-order valence-corrected chi connectivity index (χ3v) is 5.02. The molecular weight excluding hydrogens is 353 g/mol. The lowest BCUT2D eigenvalue weighted by molar-refractivity contribution is 0.393. The van der Waals surface area contributed by atoms with E-state index < -0.39 is 0 Å². The van der Waals surface area contributed by atoms with Crippen LogP contribution in [0.3, 0.4) is 0 Å². The maximum atomic E-state index is 14.7. The first kappa shape index (κ1) is 18.4. The van der Waals surface area contributed by atoms with Crippen LogP contribution in [0, 0.1) is 25.6 Å². The van der Waals surface area contributed by atoms with Crippen molar-refractivity contribution in [3.05, 3.63) is 71.1 Å². The summed E-state index contributed by atoms with van der Waals surface area (Å²) >= 11 is 0. The van der Waals surface area contributed by atoms with Gasteiger partial charge in [-0.3, -0.25) is 0 Å². The van der Waals surface area contributed by atoms with Crippen molar-refractivity contribution >= 4 is 11.0 Å². The molecule has 28 heavy (non-hydrogen) atoms. The van der Waals surface area contributed by atoms with E-state index in [1.165, 1.54) is 11.6 Å². The third-order valence-electron chi connectivity index (χ3n) is 5.02. The van der Waals surface area contributed by atoms with Crippen LogP contribution < -0.4 is 0 Å². The van der Waals surface area contributed by atoms with Crippen molar-refractivity contribution < 1.29 is 8.91 Å². The Morgan fingerprint density at radius 1 is 1.07 bits per heavy atom. The van der Waals surface area contributed by atoms with Gasteiger partial charge in [0.05, 0.1) is 17.5 Å². The second kappa shape index (κ2) is 7.23. The molecule has 2 heterocycles. The maximum Gasteiger partial charge on any atom is 0.151 e. The molecule has 0 radical (unpaired) electrons. The minimum Gasteiger partial charge on any atom is -0.361 e. The zero-order valence-corrected chi connectivity index (χ0v) is 16.7. The number of nitrogens with zero attached hydrogens (tertiary/aromatic N) is 3. The predicted octanol–water partition coefficient (Wildman–Crippen LogP) is 5.69. The van der Waals surface area contributed by atoms with E-state index in [2.05, 4.69) is 48.3 Å². The number of benzene rings is 2. The Morgan fingerprint density at radius 3 is 2.43 bits per heavy atom. The van der Waals surface area contributed by atoms with Gasteiger partial charge in [0.1, 0.15) is 11.3 Å². The topological polar surface area (TPSA) is 43.9 Å². The van der Waals surface area contributed by atoms with Crippen LogP contribution in [-0.2, 0) is 13.0 Å². The molecule has 5 heteroatoms. The second-order valence-electron chi connectivity index (χ2n) is 7.81. The number of aromatic nitrogens is 3. The van der Waals surface area contributed by atoms with Crippen molar-refractivity contribution in [2.45, 2.75) is 40.7 Å². The highest BCUT2D eigenvalue weighted by Gasteiger charge is 2.16. The quantitative estimate of drug-likeness (QED) is 0.448. The molecule has 2 aromatic heterocycles. The molecule has 4 aromatic rings. The van der Waals surface area contributed by atoms with E-state index in [0.29, 0.717) is 23.7 Å². The maximum absolute atomic E-state index is 14.7. The summed E-state index contributed by atoms with van der Waals surface area (Å²) in [6, 6.07) is 12.1. The van der Waals surface area contributed by atoms with E-state index in [1.54, 1.807) is 6.33 Å². The van der Waals surface area contributed by atoms with Gasteiger partial charge in [0, 0.05) is 12.1 Å². The molecule has 2 aromatic carbocycles. The lowest BCUT2D eigenvalue weighted by atomic mass is 10.0. The zero-order chi connectivity index (χ0) is 19.8. The fourth-order valence-corrected chi connectivity index (χ4v) is 3.74. The van der Waals surface area contributed by atoms with Gasteiger partial charge in [-0.25, -0.2) is 9.37 Å². The van der Waals surface area contributed by atoms with Gasteiger partial charge in [-0.15, -0.1) is 0 Å². The van der Waals surface area contributed by atoms with Gasteiger partial charge in [-0.2, -0.15) is 0 Å². The number of halogens is 1. The molecule has 0 amide bonds. The van der Waals surface area contributed by atoms with Crippen LogP contribution in [-0.4, -0.2) is 14.7 Å². The Balaban J connectivity index is 1.70. The van der Waals surface area contributed by atoms with E-state index in [4.69, 9.17) is 4.52 Å². The van der Waals surface area contributed by atoms with Crippen LogP contribution in [0.15, 0.2) is 47.2 Å². The van der Waals surface area contributed by atoms with Gasteiger partial charge < -0.3 is 9.09 Å². The number of rotatable bonds is 5. The summed E-state index contributed by atoms with van der Waals surface area (Å²) in [5.41, 5.74) is 5.99. The van der Waals surface area contributed by atoms with Crippen LogP contribution in [0.4, 0.5) is 4.39 Å². The van der Waals surface area contributed by atoms with Crippen LogP contribution >= 0.6 is 0 Å². The van der Waals surface area contributed by atoms with Crippen molar-refractivity contribution in [3.8, 4) is 11.1 Å². The summed E-state index contributed by atoms with van der Waals surface area (Å²) in [7, 11) is 0. The summed E-state index contributed by atoms with van der Waals surface area (Å²) in [5, 5.41) is 3.99. The fraction of sp³-hybridized carbons (Fsp3) is 0.304. The Bertz CT molecular complexity index is 1100. The Kier molecular flexibility index (Phi) is 4.75. The van der Waals surface area contributed by atoms with Crippen molar-refractivity contribution in [2.75, 3.05) is 0 Å². The molecule has 4 nitrogen and oxygen atoms in total. The van der Waals surface area contributed by atoms with Gasteiger partial charge >= 0.3 is 0 Å². The van der Waals surface area contributed by atoms with E-state index in [0.717, 1.165) is 34.3 Å². The van der Waals surface area contributed by atoms with Crippen LogP contribution in [0.2, 0.25) is 0 Å². The van der Waals surface area contributed by atoms with E-state index >= 15 is 0 Å². The summed E-state index contributed by atoms with van der Waals surface area (Å²) in [6.45, 7) is 8.79. The Hall–Kier alpha value is -2.95. The molecule has 0 aliphatic carbocycles. The molecule has 144 valence electrons. The van der Waals surface area contributed by atoms with Gasteiger partial charge in [0.15, 0.2) is 5.82 Å². The Morgan fingerprint density at radius 2 is 1.79 bits per heavy atom. The third kappa shape index (κ3) is 3.44. The molecule has 0 saturated heterocycles. The minimum atomic E-state index is -0.335. The summed E-state index contributed by atoms with van der Waals surface area (Å²) in [4.78, 5) is 4.29. The highest BCUT2D eigenvalue weighted by Crippen LogP contribution is 2.31. The lowest BCUT2D eigenvalue weighted by Crippen LogP contribution is -2.00. The van der Waals surface area contributed by atoms with Crippen LogP contribution in [0.5, 0.6) is 0 Å². The van der Waals surface area contributed by atoms with Crippen molar-refractivity contribution in [3.63, 3.8) is 0 Å². The van der Waals surface area contributed by atoms with Crippen molar-refractivity contribution in [1.82, 2.24) is 14.7 Å². The summed E-state index contributed by atoms with van der Waals surface area (Å²) in [6.07, 6.45) is 2.77. The minimum absolute atomic E-state index is 0.335. The predicted molar refractivity (Wildman–Crippen MR) is 109 cm³/mol. The number of fused-ring (bicyclic) bond motifs is 1. The van der Waals surface area contributed by atoms with Gasteiger partial charge in [0.25, 0.3) is 0 Å². The van der Waals surface area contributed by atoms with Crippen molar-refractivity contribution in [2.24, 2.45) is 5.92 Å². The first-order chi connectivity index (χ1) is 13.4. The molecule has 0 saturated carbocycles. The molecule has 0 N–H and O–H groups in total. The molecule has 0 fully saturated rings. The molecule has 4 rings (SSSR count). The van der Waals surface area contributed by atoms with E-state index in [9.17, 15) is 4.39 Å². The number of hydrogen-bond acceptors (Lipinski definition) is 3. The largest absolute Gasteiger partial charge is 0.361 e. The fourth-order valence-electron chi connectivity index (χ4n) is 3.74.